The smallest absolute Gasteiger partial charge is 0.272 e. The van der Waals surface area contributed by atoms with Crippen LogP contribution in [0.5, 0.6) is 0 Å². The number of hydrogen-bond donors (Lipinski definition) is 2. The molecule has 0 aromatic heterocycles. The Bertz CT molecular complexity index is 503. The van der Waals surface area contributed by atoms with Gasteiger partial charge in [0.05, 0.1) is 16.7 Å². The van der Waals surface area contributed by atoms with Crippen molar-refractivity contribution in [3.8, 4) is 0 Å². The van der Waals surface area contributed by atoms with E-state index in [-0.39, 0.29) is 5.69 Å². The van der Waals surface area contributed by atoms with Crippen molar-refractivity contribution >= 4 is 11.4 Å². The Hall–Kier alpha value is -1.95. The molecule has 0 unspecified atom stereocenters. The van der Waals surface area contributed by atoms with Crippen molar-refractivity contribution in [1.82, 2.24) is 5.32 Å². The minimum atomic E-state index is -0.604. The third-order valence-corrected chi connectivity index (χ3v) is 3.08. The van der Waals surface area contributed by atoms with Gasteiger partial charge in [-0.1, -0.05) is 11.6 Å². The Kier molecular flexibility index (Phi) is 4.46. The maximum absolute atomic E-state index is 13.6. The van der Waals surface area contributed by atoms with Crippen molar-refractivity contribution in [2.45, 2.75) is 12.8 Å². The predicted molar refractivity (Wildman–Crippen MR) is 71.7 cm³/mol. The van der Waals surface area contributed by atoms with Crippen LogP contribution < -0.4 is 10.6 Å². The van der Waals surface area contributed by atoms with Gasteiger partial charge in [0.2, 0.25) is 0 Å². The molecule has 0 atom stereocenters. The summed E-state index contributed by atoms with van der Waals surface area (Å²) in [5.41, 5.74) is 1.43. The fourth-order valence-corrected chi connectivity index (χ4v) is 2.02. The summed E-state index contributed by atoms with van der Waals surface area (Å²) in [5.74, 6) is -0.589. The summed E-state index contributed by atoms with van der Waals surface area (Å²) in [5, 5.41) is 16.7. The van der Waals surface area contributed by atoms with E-state index in [4.69, 9.17) is 0 Å². The second-order valence-electron chi connectivity index (χ2n) is 4.41. The molecule has 0 radical (unpaired) electrons. The topological polar surface area (TPSA) is 67.2 Å². The Morgan fingerprint density at radius 1 is 1.47 bits per heavy atom. The molecule has 2 rings (SSSR count). The molecule has 102 valence electrons. The van der Waals surface area contributed by atoms with Crippen LogP contribution in [-0.2, 0) is 0 Å². The quantitative estimate of drug-likeness (QED) is 0.487. The molecule has 1 aliphatic heterocycles. The number of rotatable bonds is 5. The van der Waals surface area contributed by atoms with Gasteiger partial charge in [0.25, 0.3) is 5.69 Å². The van der Waals surface area contributed by atoms with Crippen molar-refractivity contribution in [2.75, 3.05) is 25.0 Å². The van der Waals surface area contributed by atoms with Gasteiger partial charge in [0, 0.05) is 19.2 Å². The van der Waals surface area contributed by atoms with Crippen LogP contribution in [0.1, 0.15) is 12.8 Å². The zero-order valence-corrected chi connectivity index (χ0v) is 10.5. The number of nitro benzene ring substituents is 1. The van der Waals surface area contributed by atoms with E-state index in [1.54, 1.807) is 0 Å². The van der Waals surface area contributed by atoms with Crippen molar-refractivity contribution in [2.24, 2.45) is 0 Å². The molecular weight excluding hydrogens is 249 g/mol. The van der Waals surface area contributed by atoms with E-state index in [0.29, 0.717) is 12.2 Å². The lowest BCUT2D eigenvalue weighted by Crippen LogP contribution is -2.21. The third-order valence-electron chi connectivity index (χ3n) is 3.08. The van der Waals surface area contributed by atoms with Crippen molar-refractivity contribution < 1.29 is 9.31 Å². The highest BCUT2D eigenvalue weighted by Crippen LogP contribution is 2.20. The summed E-state index contributed by atoms with van der Waals surface area (Å²) in [6.45, 7) is 2.50. The van der Waals surface area contributed by atoms with Gasteiger partial charge >= 0.3 is 0 Å². The highest BCUT2D eigenvalue weighted by Gasteiger charge is 2.10. The highest BCUT2D eigenvalue weighted by molar-refractivity contribution is 5.50. The first-order valence-electron chi connectivity index (χ1n) is 6.23. The minimum absolute atomic E-state index is 0.232. The molecule has 2 N–H and O–H groups in total. The van der Waals surface area contributed by atoms with Gasteiger partial charge in [0.15, 0.2) is 5.82 Å². The highest BCUT2D eigenvalue weighted by atomic mass is 19.1. The number of nitro groups is 1. The van der Waals surface area contributed by atoms with Crippen LogP contribution in [0.25, 0.3) is 0 Å². The van der Waals surface area contributed by atoms with E-state index < -0.39 is 10.7 Å². The van der Waals surface area contributed by atoms with Crippen LogP contribution in [0.4, 0.5) is 15.8 Å². The van der Waals surface area contributed by atoms with Crippen LogP contribution in [0, 0.1) is 15.9 Å². The van der Waals surface area contributed by atoms with E-state index in [1.165, 1.54) is 17.7 Å². The van der Waals surface area contributed by atoms with Crippen molar-refractivity contribution in [3.05, 3.63) is 45.8 Å². The minimum Gasteiger partial charge on any atom is -0.382 e. The number of benzene rings is 1. The number of halogens is 1. The van der Waals surface area contributed by atoms with Crippen LogP contribution in [-0.4, -0.2) is 24.6 Å². The predicted octanol–water partition coefficient (Wildman–Crippen LogP) is 2.46. The Balaban J connectivity index is 1.89. The molecule has 0 amide bonds. The largest absolute Gasteiger partial charge is 0.382 e. The van der Waals surface area contributed by atoms with Crippen LogP contribution in [0.2, 0.25) is 0 Å². The summed E-state index contributed by atoms with van der Waals surface area (Å²) in [6.07, 6.45) is 4.03. The van der Waals surface area contributed by atoms with Gasteiger partial charge in [0.1, 0.15) is 0 Å². The van der Waals surface area contributed by atoms with E-state index in [0.717, 1.165) is 32.0 Å². The SMILES string of the molecule is O=[N+]([O-])c1ccc(NCCC2=CCNCC2)c(F)c1. The van der Waals surface area contributed by atoms with E-state index >= 15 is 0 Å². The molecule has 1 aromatic rings. The third kappa shape index (κ3) is 3.75. The van der Waals surface area contributed by atoms with E-state index in [9.17, 15) is 14.5 Å². The summed E-state index contributed by atoms with van der Waals surface area (Å²) >= 11 is 0. The van der Waals surface area contributed by atoms with Gasteiger partial charge < -0.3 is 10.6 Å². The molecule has 0 bridgehead atoms. The fourth-order valence-electron chi connectivity index (χ4n) is 2.02. The standard InChI is InChI=1S/C13H16FN3O2/c14-12-9-11(17(18)19)1-2-13(12)16-8-5-10-3-6-15-7-4-10/h1-3,9,15-16H,4-8H2. The lowest BCUT2D eigenvalue weighted by Gasteiger charge is -2.14. The Labute approximate surface area is 110 Å². The number of nitrogens with one attached hydrogen (secondary N) is 2. The summed E-state index contributed by atoms with van der Waals surface area (Å²) < 4.78 is 13.6. The average Bonchev–Trinajstić information content (AvgIpc) is 2.41. The molecule has 0 saturated heterocycles. The maximum Gasteiger partial charge on any atom is 0.272 e. The second kappa shape index (κ2) is 6.29. The molecule has 1 heterocycles. The molecule has 0 saturated carbocycles. The average molecular weight is 265 g/mol. The first-order chi connectivity index (χ1) is 9.16. The van der Waals surface area contributed by atoms with Gasteiger partial charge in [-0.2, -0.15) is 0 Å². The molecule has 1 aromatic carbocycles. The van der Waals surface area contributed by atoms with Gasteiger partial charge in [-0.05, 0) is 25.5 Å². The van der Waals surface area contributed by atoms with Gasteiger partial charge in [-0.25, -0.2) is 4.39 Å². The lowest BCUT2D eigenvalue weighted by molar-refractivity contribution is -0.385. The lowest BCUT2D eigenvalue weighted by atomic mass is 10.1. The monoisotopic (exact) mass is 265 g/mol. The molecule has 6 heteroatoms. The molecule has 19 heavy (non-hydrogen) atoms. The first-order valence-corrected chi connectivity index (χ1v) is 6.23. The molecule has 1 aliphatic rings. The van der Waals surface area contributed by atoms with Crippen LogP contribution in [0.15, 0.2) is 29.8 Å². The fraction of sp³-hybridized carbons (Fsp3) is 0.385. The van der Waals surface area contributed by atoms with Crippen LogP contribution >= 0.6 is 0 Å². The number of anilines is 1. The van der Waals surface area contributed by atoms with Crippen molar-refractivity contribution in [3.63, 3.8) is 0 Å². The Morgan fingerprint density at radius 3 is 2.95 bits per heavy atom. The molecule has 0 fully saturated rings. The Morgan fingerprint density at radius 2 is 2.32 bits per heavy atom. The summed E-state index contributed by atoms with van der Waals surface area (Å²) in [6, 6.07) is 3.64. The first kappa shape index (κ1) is 13.5. The zero-order chi connectivity index (χ0) is 13.7. The van der Waals surface area contributed by atoms with E-state index in [1.807, 2.05) is 0 Å². The normalized spacial score (nSPS) is 14.9. The van der Waals surface area contributed by atoms with Crippen LogP contribution in [0.3, 0.4) is 0 Å². The molecule has 0 aliphatic carbocycles. The molecule has 0 spiro atoms. The maximum atomic E-state index is 13.6. The van der Waals surface area contributed by atoms with Crippen molar-refractivity contribution in [1.29, 1.82) is 0 Å². The van der Waals surface area contributed by atoms with Gasteiger partial charge in [-0.15, -0.1) is 0 Å². The summed E-state index contributed by atoms with van der Waals surface area (Å²) in [7, 11) is 0. The molecular formula is C13H16FN3O2. The molecule has 5 nitrogen and oxygen atoms in total. The zero-order valence-electron chi connectivity index (χ0n) is 10.5. The number of non-ortho nitro benzene ring substituents is 1. The number of hydrogen-bond acceptors (Lipinski definition) is 4. The van der Waals surface area contributed by atoms with Gasteiger partial charge in [-0.3, -0.25) is 10.1 Å². The van der Waals surface area contributed by atoms with E-state index in [2.05, 4.69) is 16.7 Å². The number of nitrogens with zero attached hydrogens (tertiary/aromatic N) is 1. The second-order valence-corrected chi connectivity index (χ2v) is 4.41. The summed E-state index contributed by atoms with van der Waals surface area (Å²) in [4.78, 5) is 9.89.